The Labute approximate surface area is 196 Å². The van der Waals surface area contributed by atoms with Crippen molar-refractivity contribution in [3.05, 3.63) is 136 Å². The molecule has 1 atom stereocenters. The van der Waals surface area contributed by atoms with Crippen LogP contribution in [0.4, 0.5) is 0 Å². The highest BCUT2D eigenvalue weighted by Gasteiger charge is 2.21. The first-order chi connectivity index (χ1) is 16.2. The van der Waals surface area contributed by atoms with Crippen LogP contribution in [0.5, 0.6) is 5.75 Å². The minimum atomic E-state index is -0.0250. The molecule has 4 aliphatic carbocycles. The van der Waals surface area contributed by atoms with Crippen LogP contribution in [0.2, 0.25) is 0 Å². The van der Waals surface area contributed by atoms with Crippen LogP contribution in [-0.4, -0.2) is 10.8 Å². The molecule has 0 aliphatic heterocycles. The van der Waals surface area contributed by atoms with Gasteiger partial charge in [0, 0.05) is 11.1 Å². The van der Waals surface area contributed by atoms with Gasteiger partial charge in [-0.25, -0.2) is 0 Å². The van der Waals surface area contributed by atoms with E-state index < -0.39 is 0 Å². The van der Waals surface area contributed by atoms with E-state index in [9.17, 15) is 5.11 Å². The van der Waals surface area contributed by atoms with Gasteiger partial charge >= 0.3 is 0 Å². The Hall–Kier alpha value is -3.65. The Morgan fingerprint density at radius 1 is 0.667 bits per heavy atom. The van der Waals surface area contributed by atoms with Gasteiger partial charge in [0.25, 0.3) is 0 Å². The first kappa shape index (κ1) is 21.2. The van der Waals surface area contributed by atoms with Gasteiger partial charge in [0.05, 0.1) is 11.8 Å². The van der Waals surface area contributed by atoms with Gasteiger partial charge in [-0.3, -0.25) is 4.99 Å². The Morgan fingerprint density at radius 2 is 1.21 bits per heavy atom. The molecule has 2 nitrogen and oxygen atoms in total. The normalized spacial score (nSPS) is 14.5. The maximum atomic E-state index is 11.6. The lowest BCUT2D eigenvalue weighted by Crippen LogP contribution is -2.12. The molecule has 4 bridgehead atoms. The first-order valence-corrected chi connectivity index (χ1v) is 11.8. The summed E-state index contributed by atoms with van der Waals surface area (Å²) in [6.07, 6.45) is 3.50. The molecule has 0 heterocycles. The average Bonchev–Trinajstić information content (AvgIpc) is 2.86. The fraction of sp³-hybridized carbons (Fsp3) is 0.194. The highest BCUT2D eigenvalue weighted by atomic mass is 16.3. The van der Waals surface area contributed by atoms with Gasteiger partial charge in [-0.15, -0.1) is 0 Å². The number of phenolic OH excluding ortho intramolecular Hbond substituents is 1. The number of hydrogen-bond donors (Lipinski definition) is 1. The van der Waals surface area contributed by atoms with E-state index in [1.807, 2.05) is 24.3 Å². The van der Waals surface area contributed by atoms with Crippen molar-refractivity contribution in [1.82, 2.24) is 0 Å². The summed E-state index contributed by atoms with van der Waals surface area (Å²) < 4.78 is 0. The molecule has 0 saturated heterocycles. The first-order valence-electron chi connectivity index (χ1n) is 11.8. The maximum Gasteiger partial charge on any atom is 0.128 e. The summed E-state index contributed by atoms with van der Waals surface area (Å²) in [4.78, 5) is 5.22. The van der Waals surface area contributed by atoms with Crippen LogP contribution in [0.25, 0.3) is 0 Å². The number of aliphatic imine (C=N–C) groups is 1. The molecule has 164 valence electrons. The van der Waals surface area contributed by atoms with Gasteiger partial charge in [0.1, 0.15) is 5.75 Å². The van der Waals surface area contributed by atoms with Crippen LogP contribution in [0.1, 0.15) is 51.9 Å². The van der Waals surface area contributed by atoms with E-state index in [0.717, 1.165) is 59.2 Å². The molecular weight excluding hydrogens is 402 g/mol. The largest absolute Gasteiger partial charge is 0.507 e. The van der Waals surface area contributed by atoms with Crippen LogP contribution in [-0.2, 0) is 25.7 Å². The second kappa shape index (κ2) is 9.46. The second-order valence-electron chi connectivity index (χ2n) is 8.85. The van der Waals surface area contributed by atoms with Crippen molar-refractivity contribution in [3.63, 3.8) is 0 Å². The van der Waals surface area contributed by atoms with E-state index in [0.29, 0.717) is 5.75 Å². The van der Waals surface area contributed by atoms with Crippen molar-refractivity contribution in [3.8, 4) is 5.75 Å². The fourth-order valence-corrected chi connectivity index (χ4v) is 4.66. The summed E-state index contributed by atoms with van der Waals surface area (Å²) in [5.41, 5.74) is 8.70. The molecule has 33 heavy (non-hydrogen) atoms. The van der Waals surface area contributed by atoms with Gasteiger partial charge in [-0.05, 0) is 60.4 Å². The van der Waals surface area contributed by atoms with Crippen molar-refractivity contribution in [1.29, 1.82) is 0 Å². The Morgan fingerprint density at radius 3 is 1.85 bits per heavy atom. The van der Waals surface area contributed by atoms with Crippen molar-refractivity contribution in [2.24, 2.45) is 4.99 Å². The molecule has 0 fully saturated rings. The zero-order valence-corrected chi connectivity index (χ0v) is 19.0. The lowest BCUT2D eigenvalue weighted by atomic mass is 9.88. The summed E-state index contributed by atoms with van der Waals surface area (Å²) in [7, 11) is 0. The van der Waals surface area contributed by atoms with Crippen molar-refractivity contribution < 1.29 is 5.11 Å². The van der Waals surface area contributed by atoms with E-state index in [1.54, 1.807) is 0 Å². The topological polar surface area (TPSA) is 32.6 Å². The van der Waals surface area contributed by atoms with Gasteiger partial charge < -0.3 is 5.11 Å². The lowest BCUT2D eigenvalue weighted by molar-refractivity contribution is 0.465. The quantitative estimate of drug-likeness (QED) is 0.351. The lowest BCUT2D eigenvalue weighted by Gasteiger charge is -2.20. The van der Waals surface area contributed by atoms with Crippen molar-refractivity contribution >= 4 is 5.71 Å². The van der Waals surface area contributed by atoms with Crippen LogP contribution in [0, 0.1) is 0 Å². The van der Waals surface area contributed by atoms with E-state index >= 15 is 0 Å². The monoisotopic (exact) mass is 431 g/mol. The van der Waals surface area contributed by atoms with Crippen molar-refractivity contribution in [2.45, 2.75) is 38.6 Å². The Balaban J connectivity index is 1.67. The Bertz CT molecular complexity index is 1260. The predicted octanol–water partition coefficient (Wildman–Crippen LogP) is 6.87. The summed E-state index contributed by atoms with van der Waals surface area (Å²) in [6, 6.07) is 33.9. The maximum absolute atomic E-state index is 11.6. The van der Waals surface area contributed by atoms with Crippen molar-refractivity contribution in [2.75, 3.05) is 0 Å². The molecule has 0 aromatic heterocycles. The number of aryl methyl sites for hydroxylation is 4. The predicted molar refractivity (Wildman–Crippen MR) is 136 cm³/mol. The number of benzene rings is 4. The standard InChI is InChI=1S/C31H29NO/c1-22(25-8-4-2-5-9-25)32-30(27-10-6-3-7-11-27)29-26-18-16-23-12-14-24(15-13-23)17-19-28(21-20-26)31(29)33/h2-15,20-22,33H,16-19H2,1H3/b32-30+/t22-/m0/s1. The van der Waals surface area contributed by atoms with Gasteiger partial charge in [0.2, 0.25) is 0 Å². The molecule has 4 aliphatic rings. The third-order valence-electron chi connectivity index (χ3n) is 6.63. The van der Waals surface area contributed by atoms with Gasteiger partial charge in [-0.2, -0.15) is 0 Å². The average molecular weight is 432 g/mol. The fourth-order valence-electron chi connectivity index (χ4n) is 4.66. The van der Waals surface area contributed by atoms with Gasteiger partial charge in [0.15, 0.2) is 0 Å². The smallest absolute Gasteiger partial charge is 0.128 e. The van der Waals surface area contributed by atoms with E-state index in [2.05, 4.69) is 79.7 Å². The number of phenols is 1. The van der Waals surface area contributed by atoms with E-state index in [4.69, 9.17) is 4.99 Å². The highest BCUT2D eigenvalue weighted by molar-refractivity contribution is 6.15. The van der Waals surface area contributed by atoms with E-state index in [1.165, 1.54) is 11.1 Å². The number of hydrogen-bond acceptors (Lipinski definition) is 2. The molecule has 0 amide bonds. The molecule has 0 unspecified atom stereocenters. The third kappa shape index (κ3) is 4.61. The molecule has 4 aromatic rings. The number of aromatic hydroxyl groups is 1. The zero-order chi connectivity index (χ0) is 22.6. The molecule has 8 rings (SSSR count). The SMILES string of the molecule is C[C@H](/N=C(\c1ccccc1)c1c2ccc(c1O)CCc1ccc(cc1)CC2)c1ccccc1. The second-order valence-corrected chi connectivity index (χ2v) is 8.85. The molecule has 0 saturated carbocycles. The minimum absolute atomic E-state index is 0.0250. The van der Waals surface area contributed by atoms with Crippen LogP contribution < -0.4 is 0 Å². The molecule has 4 aromatic carbocycles. The molecular formula is C31H29NO. The number of nitrogens with zero attached hydrogens (tertiary/aromatic N) is 1. The minimum Gasteiger partial charge on any atom is -0.507 e. The number of rotatable bonds is 4. The summed E-state index contributed by atoms with van der Waals surface area (Å²) >= 11 is 0. The van der Waals surface area contributed by atoms with Crippen LogP contribution >= 0.6 is 0 Å². The van der Waals surface area contributed by atoms with Crippen LogP contribution in [0.15, 0.2) is 102 Å². The summed E-state index contributed by atoms with van der Waals surface area (Å²) in [5, 5.41) is 11.6. The molecule has 0 radical (unpaired) electrons. The highest BCUT2D eigenvalue weighted by Crippen LogP contribution is 2.33. The van der Waals surface area contributed by atoms with Crippen LogP contribution in [0.3, 0.4) is 0 Å². The summed E-state index contributed by atoms with van der Waals surface area (Å²) in [5.74, 6) is 0.380. The molecule has 0 spiro atoms. The molecule has 1 N–H and O–H groups in total. The summed E-state index contributed by atoms with van der Waals surface area (Å²) in [6.45, 7) is 2.12. The zero-order valence-electron chi connectivity index (χ0n) is 19.0. The third-order valence-corrected chi connectivity index (χ3v) is 6.63. The van der Waals surface area contributed by atoms with Gasteiger partial charge in [-0.1, -0.05) is 97.1 Å². The molecule has 2 heteroatoms. The Kier molecular flexibility index (Phi) is 6.08. The van der Waals surface area contributed by atoms with E-state index in [-0.39, 0.29) is 6.04 Å².